The maximum atomic E-state index is 5.41. The van der Waals surface area contributed by atoms with Gasteiger partial charge in [0.25, 0.3) is 0 Å². The van der Waals surface area contributed by atoms with Crippen molar-refractivity contribution >= 4 is 11.5 Å². The highest BCUT2D eigenvalue weighted by atomic mass is 32.1. The molecule has 1 heterocycles. The van der Waals surface area contributed by atoms with E-state index in [1.807, 2.05) is 0 Å². The third kappa shape index (κ3) is 1.40. The lowest BCUT2D eigenvalue weighted by Gasteiger charge is -2.10. The van der Waals surface area contributed by atoms with E-state index in [2.05, 4.69) is 15.0 Å². The van der Waals surface area contributed by atoms with Crippen molar-refractivity contribution in [2.45, 2.75) is 18.9 Å². The standard InChI is InChI=1S/C6H10N4S/c7-9-6(4-1-2-4)5-3-8-10-11-5/h3-4,6,9H,1-2,7H2. The summed E-state index contributed by atoms with van der Waals surface area (Å²) in [6.07, 6.45) is 4.33. The Morgan fingerprint density at radius 2 is 2.55 bits per heavy atom. The van der Waals surface area contributed by atoms with Crippen LogP contribution >= 0.6 is 11.5 Å². The van der Waals surface area contributed by atoms with Crippen molar-refractivity contribution in [1.29, 1.82) is 0 Å². The van der Waals surface area contributed by atoms with Crippen LogP contribution in [0.5, 0.6) is 0 Å². The molecule has 1 aliphatic rings. The summed E-state index contributed by atoms with van der Waals surface area (Å²) in [5, 5.41) is 3.77. The molecule has 11 heavy (non-hydrogen) atoms. The lowest BCUT2D eigenvalue weighted by molar-refractivity contribution is 0.504. The molecular formula is C6H10N4S. The van der Waals surface area contributed by atoms with E-state index in [-0.39, 0.29) is 6.04 Å². The molecule has 1 aromatic heterocycles. The normalized spacial score (nSPS) is 20.1. The minimum Gasteiger partial charge on any atom is -0.271 e. The van der Waals surface area contributed by atoms with Crippen molar-refractivity contribution in [3.63, 3.8) is 0 Å². The van der Waals surface area contributed by atoms with Crippen molar-refractivity contribution in [2.24, 2.45) is 11.8 Å². The third-order valence-corrected chi connectivity index (χ3v) is 2.70. The molecule has 5 heteroatoms. The lowest BCUT2D eigenvalue weighted by atomic mass is 10.2. The van der Waals surface area contributed by atoms with Gasteiger partial charge in [-0.05, 0) is 30.3 Å². The molecule has 1 atom stereocenters. The van der Waals surface area contributed by atoms with Crippen molar-refractivity contribution in [1.82, 2.24) is 15.0 Å². The second-order valence-corrected chi connectivity index (χ2v) is 3.62. The summed E-state index contributed by atoms with van der Waals surface area (Å²) in [4.78, 5) is 1.15. The monoisotopic (exact) mass is 170 g/mol. The molecule has 1 saturated carbocycles. The summed E-state index contributed by atoms with van der Waals surface area (Å²) in [6, 6.07) is 0.287. The number of hydrogen-bond donors (Lipinski definition) is 2. The van der Waals surface area contributed by atoms with Gasteiger partial charge in [0.1, 0.15) is 0 Å². The van der Waals surface area contributed by atoms with Gasteiger partial charge in [-0.3, -0.25) is 11.3 Å². The zero-order valence-corrected chi connectivity index (χ0v) is 6.84. The highest BCUT2D eigenvalue weighted by Gasteiger charge is 2.32. The van der Waals surface area contributed by atoms with E-state index < -0.39 is 0 Å². The quantitative estimate of drug-likeness (QED) is 0.510. The minimum absolute atomic E-state index is 0.287. The van der Waals surface area contributed by atoms with Gasteiger partial charge >= 0.3 is 0 Å². The summed E-state index contributed by atoms with van der Waals surface area (Å²) in [5.74, 6) is 6.12. The van der Waals surface area contributed by atoms with Gasteiger partial charge in [0, 0.05) is 0 Å². The van der Waals surface area contributed by atoms with Crippen LogP contribution in [-0.2, 0) is 0 Å². The van der Waals surface area contributed by atoms with Crippen LogP contribution in [-0.4, -0.2) is 9.59 Å². The SMILES string of the molecule is NNC(c1cnns1)C1CC1. The van der Waals surface area contributed by atoms with Gasteiger partial charge in [-0.1, -0.05) is 4.49 Å². The van der Waals surface area contributed by atoms with Crippen LogP contribution in [0, 0.1) is 5.92 Å². The predicted octanol–water partition coefficient (Wildman–Crippen LogP) is 0.452. The van der Waals surface area contributed by atoms with Gasteiger partial charge in [-0.15, -0.1) is 5.10 Å². The maximum Gasteiger partial charge on any atom is 0.0669 e. The first-order valence-corrected chi connectivity index (χ1v) is 4.42. The van der Waals surface area contributed by atoms with E-state index in [9.17, 15) is 0 Å². The molecule has 2 rings (SSSR count). The van der Waals surface area contributed by atoms with Crippen molar-refractivity contribution < 1.29 is 0 Å². The maximum absolute atomic E-state index is 5.41. The molecule has 0 aliphatic heterocycles. The summed E-state index contributed by atoms with van der Waals surface area (Å²) in [5.41, 5.74) is 2.80. The number of hydrogen-bond acceptors (Lipinski definition) is 5. The topological polar surface area (TPSA) is 63.8 Å². The predicted molar refractivity (Wildman–Crippen MR) is 42.7 cm³/mol. The van der Waals surface area contributed by atoms with E-state index in [4.69, 9.17) is 5.84 Å². The van der Waals surface area contributed by atoms with Crippen molar-refractivity contribution in [2.75, 3.05) is 0 Å². The Morgan fingerprint density at radius 3 is 3.00 bits per heavy atom. The number of aromatic nitrogens is 2. The zero-order valence-electron chi connectivity index (χ0n) is 6.03. The first-order valence-electron chi connectivity index (χ1n) is 3.65. The van der Waals surface area contributed by atoms with Gasteiger partial charge in [-0.2, -0.15) is 0 Å². The molecule has 0 spiro atoms. The van der Waals surface area contributed by atoms with Gasteiger partial charge in [-0.25, -0.2) is 0 Å². The first kappa shape index (κ1) is 7.15. The molecule has 0 aromatic carbocycles. The molecule has 0 bridgehead atoms. The molecule has 0 amide bonds. The van der Waals surface area contributed by atoms with E-state index in [0.717, 1.165) is 4.88 Å². The molecule has 0 saturated heterocycles. The average molecular weight is 170 g/mol. The van der Waals surface area contributed by atoms with Gasteiger partial charge in [0.15, 0.2) is 0 Å². The van der Waals surface area contributed by atoms with Gasteiger partial charge in [0.05, 0.1) is 17.1 Å². The highest BCUT2D eigenvalue weighted by Crippen LogP contribution is 2.40. The van der Waals surface area contributed by atoms with Crippen LogP contribution in [0.1, 0.15) is 23.8 Å². The Morgan fingerprint density at radius 1 is 1.73 bits per heavy atom. The van der Waals surface area contributed by atoms with Crippen molar-refractivity contribution in [3.05, 3.63) is 11.1 Å². The molecule has 4 nitrogen and oxygen atoms in total. The molecule has 1 unspecified atom stereocenters. The lowest BCUT2D eigenvalue weighted by Crippen LogP contribution is -2.28. The second-order valence-electron chi connectivity index (χ2n) is 2.80. The Kier molecular flexibility index (Phi) is 1.85. The van der Waals surface area contributed by atoms with Gasteiger partial charge in [0.2, 0.25) is 0 Å². The fourth-order valence-corrected chi connectivity index (χ4v) is 1.85. The Hall–Kier alpha value is -0.520. The van der Waals surface area contributed by atoms with Crippen LogP contribution < -0.4 is 11.3 Å². The minimum atomic E-state index is 0.287. The fourth-order valence-electron chi connectivity index (χ4n) is 1.19. The first-order chi connectivity index (χ1) is 5.42. The largest absolute Gasteiger partial charge is 0.271 e. The number of hydrazine groups is 1. The molecule has 60 valence electrons. The molecular weight excluding hydrogens is 160 g/mol. The Labute approximate surface area is 68.9 Å². The summed E-state index contributed by atoms with van der Waals surface area (Å²) in [6.45, 7) is 0. The smallest absolute Gasteiger partial charge is 0.0669 e. The van der Waals surface area contributed by atoms with Crippen LogP contribution in [0.15, 0.2) is 6.20 Å². The number of rotatable bonds is 3. The molecule has 0 radical (unpaired) electrons. The van der Waals surface area contributed by atoms with Crippen molar-refractivity contribution in [3.8, 4) is 0 Å². The molecule has 3 N–H and O–H groups in total. The number of nitrogens with one attached hydrogen (secondary N) is 1. The molecule has 1 aromatic rings. The van der Waals surface area contributed by atoms with Crippen LogP contribution in [0.3, 0.4) is 0 Å². The summed E-state index contributed by atoms with van der Waals surface area (Å²) < 4.78 is 3.80. The summed E-state index contributed by atoms with van der Waals surface area (Å²) in [7, 11) is 0. The van der Waals surface area contributed by atoms with E-state index in [1.165, 1.54) is 24.4 Å². The third-order valence-electron chi connectivity index (χ3n) is 1.96. The molecule has 1 fully saturated rings. The Bertz CT molecular complexity index is 218. The van der Waals surface area contributed by atoms with Crippen LogP contribution in [0.2, 0.25) is 0 Å². The number of nitrogens with two attached hydrogens (primary N) is 1. The zero-order chi connectivity index (χ0) is 7.68. The highest BCUT2D eigenvalue weighted by molar-refractivity contribution is 7.05. The molecule has 1 aliphatic carbocycles. The average Bonchev–Trinajstić information content (AvgIpc) is 2.68. The van der Waals surface area contributed by atoms with Gasteiger partial charge < -0.3 is 0 Å². The van der Waals surface area contributed by atoms with Crippen LogP contribution in [0.4, 0.5) is 0 Å². The van der Waals surface area contributed by atoms with E-state index in [0.29, 0.717) is 5.92 Å². The Balaban J connectivity index is 2.11. The number of nitrogens with zero attached hydrogens (tertiary/aromatic N) is 2. The fraction of sp³-hybridized carbons (Fsp3) is 0.667. The second kappa shape index (κ2) is 2.84. The van der Waals surface area contributed by atoms with Crippen LogP contribution in [0.25, 0.3) is 0 Å². The summed E-state index contributed by atoms with van der Waals surface area (Å²) >= 11 is 1.42. The van der Waals surface area contributed by atoms with E-state index >= 15 is 0 Å². The van der Waals surface area contributed by atoms with E-state index in [1.54, 1.807) is 6.20 Å².